The number of rotatable bonds is 5. The van der Waals surface area contributed by atoms with E-state index in [0.29, 0.717) is 12.2 Å². The average Bonchev–Trinajstić information content (AvgIpc) is 2.72. The summed E-state index contributed by atoms with van der Waals surface area (Å²) >= 11 is 0. The van der Waals surface area contributed by atoms with Gasteiger partial charge in [-0.15, -0.1) is 0 Å². The van der Waals surface area contributed by atoms with Crippen molar-refractivity contribution in [3.63, 3.8) is 0 Å². The molecule has 1 amide bonds. The molecule has 1 aliphatic rings. The zero-order valence-electron chi connectivity index (χ0n) is 15.6. The molecule has 0 aromatic heterocycles. The zero-order valence-corrected chi connectivity index (χ0v) is 15.6. The summed E-state index contributed by atoms with van der Waals surface area (Å²) in [5.74, 6) is -1.08. The van der Waals surface area contributed by atoms with Crippen molar-refractivity contribution in [2.75, 3.05) is 18.5 Å². The van der Waals surface area contributed by atoms with Crippen LogP contribution in [-0.2, 0) is 22.5 Å². The highest BCUT2D eigenvalue weighted by Crippen LogP contribution is 2.20. The molecule has 3 rings (SSSR count). The fourth-order valence-electron chi connectivity index (χ4n) is 3.12. The first-order chi connectivity index (χ1) is 13.6. The monoisotopic (exact) mass is 375 g/mol. The van der Waals surface area contributed by atoms with Crippen LogP contribution in [0.4, 0.5) is 5.69 Å². The average molecular weight is 375 g/mol. The summed E-state index contributed by atoms with van der Waals surface area (Å²) in [6.07, 6.45) is 2.44. The Morgan fingerprint density at radius 1 is 1.18 bits per heavy atom. The molecule has 0 atom stereocenters. The summed E-state index contributed by atoms with van der Waals surface area (Å²) in [4.78, 5) is 26.6. The number of ether oxygens (including phenoxy) is 1. The highest BCUT2D eigenvalue weighted by atomic mass is 16.5. The summed E-state index contributed by atoms with van der Waals surface area (Å²) < 4.78 is 5.01. The molecule has 2 aromatic carbocycles. The first-order valence-electron chi connectivity index (χ1n) is 9.12. The maximum atomic E-state index is 12.6. The lowest BCUT2D eigenvalue weighted by Crippen LogP contribution is -2.27. The van der Waals surface area contributed by atoms with Crippen molar-refractivity contribution in [1.29, 1.82) is 5.26 Å². The molecule has 0 bridgehead atoms. The van der Waals surface area contributed by atoms with Gasteiger partial charge in [0.1, 0.15) is 11.6 Å². The maximum Gasteiger partial charge on any atom is 0.340 e. The molecule has 0 saturated carbocycles. The number of nitriles is 1. The Morgan fingerprint density at radius 2 is 1.89 bits per heavy atom. The van der Waals surface area contributed by atoms with Gasteiger partial charge in [-0.3, -0.25) is 4.79 Å². The minimum Gasteiger partial charge on any atom is -0.462 e. The Kier molecular flexibility index (Phi) is 6.07. The number of amides is 1. The van der Waals surface area contributed by atoms with Gasteiger partial charge in [0.15, 0.2) is 0 Å². The minimum atomic E-state index is -0.557. The van der Waals surface area contributed by atoms with Gasteiger partial charge in [0, 0.05) is 19.3 Å². The van der Waals surface area contributed by atoms with Gasteiger partial charge in [-0.05, 0) is 36.6 Å². The third-order valence-electron chi connectivity index (χ3n) is 4.51. The molecule has 0 unspecified atom stereocenters. The van der Waals surface area contributed by atoms with Gasteiger partial charge in [-0.1, -0.05) is 36.4 Å². The minimum absolute atomic E-state index is 0.0157. The number of benzene rings is 2. The predicted octanol–water partition coefficient (Wildman–Crippen LogP) is 3.27. The van der Waals surface area contributed by atoms with Crippen molar-refractivity contribution in [2.24, 2.45) is 0 Å². The molecule has 6 nitrogen and oxygen atoms in total. The third kappa shape index (κ3) is 4.38. The quantitative estimate of drug-likeness (QED) is 0.493. The molecule has 0 saturated heterocycles. The van der Waals surface area contributed by atoms with Crippen LogP contribution in [0.1, 0.15) is 28.4 Å². The summed E-state index contributed by atoms with van der Waals surface area (Å²) in [5, 5.41) is 12.1. The summed E-state index contributed by atoms with van der Waals surface area (Å²) in [6, 6.07) is 16.7. The van der Waals surface area contributed by atoms with Gasteiger partial charge in [0.05, 0.1) is 17.9 Å². The van der Waals surface area contributed by atoms with E-state index in [1.807, 2.05) is 23.1 Å². The second kappa shape index (κ2) is 8.87. The number of nitrogens with zero attached hydrogens (tertiary/aromatic N) is 2. The molecule has 0 fully saturated rings. The van der Waals surface area contributed by atoms with E-state index in [0.717, 1.165) is 13.0 Å². The van der Waals surface area contributed by atoms with Gasteiger partial charge in [-0.2, -0.15) is 5.26 Å². The van der Waals surface area contributed by atoms with Crippen molar-refractivity contribution < 1.29 is 14.3 Å². The molecular weight excluding hydrogens is 354 g/mol. The molecule has 1 N–H and O–H groups in total. The summed E-state index contributed by atoms with van der Waals surface area (Å²) in [6.45, 7) is 3.33. The molecule has 2 aromatic rings. The fraction of sp³-hybridized carbons (Fsp3) is 0.227. The first kappa shape index (κ1) is 19.2. The van der Waals surface area contributed by atoms with Crippen molar-refractivity contribution in [1.82, 2.24) is 4.90 Å². The van der Waals surface area contributed by atoms with Gasteiger partial charge >= 0.3 is 5.97 Å². The Bertz CT molecular complexity index is 959. The van der Waals surface area contributed by atoms with E-state index in [4.69, 9.17) is 4.74 Å². The molecular formula is C22H21N3O3. The lowest BCUT2D eigenvalue weighted by Gasteiger charge is -2.27. The number of carbonyl (C=O) groups is 2. The zero-order chi connectivity index (χ0) is 19.9. The Labute approximate surface area is 164 Å². The molecule has 0 spiro atoms. The van der Waals surface area contributed by atoms with E-state index in [2.05, 4.69) is 17.4 Å². The number of carbonyl (C=O) groups excluding carboxylic acids is 2. The normalized spacial score (nSPS) is 13.3. The second-order valence-corrected chi connectivity index (χ2v) is 6.36. The summed E-state index contributed by atoms with van der Waals surface area (Å²) in [7, 11) is 0. The Balaban J connectivity index is 1.76. The fourth-order valence-corrected chi connectivity index (χ4v) is 3.12. The molecule has 1 heterocycles. The van der Waals surface area contributed by atoms with E-state index in [1.54, 1.807) is 37.4 Å². The van der Waals surface area contributed by atoms with Crippen molar-refractivity contribution >= 4 is 17.6 Å². The van der Waals surface area contributed by atoms with Gasteiger partial charge in [0.2, 0.25) is 0 Å². The van der Waals surface area contributed by atoms with Crippen LogP contribution in [0.5, 0.6) is 0 Å². The van der Waals surface area contributed by atoms with E-state index < -0.39 is 11.9 Å². The summed E-state index contributed by atoms with van der Waals surface area (Å²) in [5.41, 5.74) is 3.03. The van der Waals surface area contributed by atoms with E-state index >= 15 is 0 Å². The number of hydrogen-bond donors (Lipinski definition) is 1. The smallest absolute Gasteiger partial charge is 0.340 e. The number of esters is 1. The van der Waals surface area contributed by atoms with Gasteiger partial charge in [0.25, 0.3) is 5.91 Å². The molecule has 0 radical (unpaired) electrons. The predicted molar refractivity (Wildman–Crippen MR) is 105 cm³/mol. The van der Waals surface area contributed by atoms with Crippen LogP contribution < -0.4 is 5.32 Å². The van der Waals surface area contributed by atoms with Crippen molar-refractivity contribution in [2.45, 2.75) is 19.9 Å². The Morgan fingerprint density at radius 3 is 2.64 bits per heavy atom. The number of hydrogen-bond acceptors (Lipinski definition) is 5. The van der Waals surface area contributed by atoms with E-state index in [1.165, 1.54) is 11.1 Å². The number of nitrogens with one attached hydrogen (secondary N) is 1. The van der Waals surface area contributed by atoms with Crippen LogP contribution in [0.3, 0.4) is 0 Å². The molecule has 6 heteroatoms. The highest BCUT2D eigenvalue weighted by Gasteiger charge is 2.19. The number of fused-ring (bicyclic) bond motifs is 1. The molecule has 142 valence electrons. The van der Waals surface area contributed by atoms with Crippen LogP contribution in [0.25, 0.3) is 0 Å². The standard InChI is InChI=1S/C22H21N3O3/c1-2-28-22(27)19-9-5-6-10-20(19)24-21(26)18(13-23)15-25-12-11-16-7-3-4-8-17(16)14-25/h3-10,15H,2,11-12,14H2,1H3,(H,24,26)/b18-15-. The van der Waals surface area contributed by atoms with E-state index in [9.17, 15) is 14.9 Å². The van der Waals surface area contributed by atoms with Crippen molar-refractivity contribution in [3.8, 4) is 6.07 Å². The lowest BCUT2D eigenvalue weighted by molar-refractivity contribution is -0.112. The van der Waals surface area contributed by atoms with Gasteiger partial charge < -0.3 is 15.0 Å². The van der Waals surface area contributed by atoms with E-state index in [-0.39, 0.29) is 17.7 Å². The molecule has 28 heavy (non-hydrogen) atoms. The third-order valence-corrected chi connectivity index (χ3v) is 4.51. The van der Waals surface area contributed by atoms with Crippen LogP contribution in [0.2, 0.25) is 0 Å². The second-order valence-electron chi connectivity index (χ2n) is 6.36. The topological polar surface area (TPSA) is 82.4 Å². The lowest BCUT2D eigenvalue weighted by atomic mass is 10.00. The number of anilines is 1. The SMILES string of the molecule is CCOC(=O)c1ccccc1NC(=O)/C(C#N)=C\N1CCc2ccccc2C1. The molecule has 0 aliphatic carbocycles. The largest absolute Gasteiger partial charge is 0.462 e. The van der Waals surface area contributed by atoms with Crippen LogP contribution in [-0.4, -0.2) is 29.9 Å². The first-order valence-corrected chi connectivity index (χ1v) is 9.12. The van der Waals surface area contributed by atoms with Crippen molar-refractivity contribution in [3.05, 3.63) is 77.0 Å². The van der Waals surface area contributed by atoms with Crippen LogP contribution in [0, 0.1) is 11.3 Å². The number of para-hydroxylation sites is 1. The Hall–Kier alpha value is -3.59. The van der Waals surface area contributed by atoms with Crippen LogP contribution in [0.15, 0.2) is 60.3 Å². The molecule has 1 aliphatic heterocycles. The maximum absolute atomic E-state index is 12.6. The highest BCUT2D eigenvalue weighted by molar-refractivity contribution is 6.09. The van der Waals surface area contributed by atoms with Crippen LogP contribution >= 0.6 is 0 Å². The van der Waals surface area contributed by atoms with Gasteiger partial charge in [-0.25, -0.2) is 4.79 Å².